The molecule has 0 heterocycles. The molecule has 0 radical (unpaired) electrons. The molecule has 0 aliphatic heterocycles. The lowest BCUT2D eigenvalue weighted by atomic mass is 10.0. The molecular formula is C9H7N3O. The lowest BCUT2D eigenvalue weighted by molar-refractivity contribution is 0.475. The Balaban J connectivity index is 3.33. The fourth-order valence-corrected chi connectivity index (χ4v) is 1.07. The first-order chi connectivity index (χ1) is 6.19. The van der Waals surface area contributed by atoms with Crippen LogP contribution in [0.25, 0.3) is 0 Å². The fraction of sp³-hybridized carbons (Fsp3) is 0.111. The van der Waals surface area contributed by atoms with Gasteiger partial charge in [-0.25, -0.2) is 0 Å². The number of nitrogen functional groups attached to an aromatic ring is 1. The van der Waals surface area contributed by atoms with E-state index in [1.54, 1.807) is 0 Å². The first-order valence-corrected chi connectivity index (χ1v) is 3.57. The van der Waals surface area contributed by atoms with E-state index in [9.17, 15) is 0 Å². The topological polar surface area (TPSA) is 93.8 Å². The molecule has 0 saturated carbocycles. The molecule has 0 unspecified atom stereocenters. The van der Waals surface area contributed by atoms with Crippen molar-refractivity contribution in [3.05, 3.63) is 23.3 Å². The number of hydrogen-bond acceptors (Lipinski definition) is 4. The summed E-state index contributed by atoms with van der Waals surface area (Å²) < 4.78 is 0. The molecule has 4 heteroatoms. The average Bonchev–Trinajstić information content (AvgIpc) is 2.04. The molecule has 13 heavy (non-hydrogen) atoms. The van der Waals surface area contributed by atoms with Crippen LogP contribution in [0.15, 0.2) is 12.1 Å². The van der Waals surface area contributed by atoms with Crippen molar-refractivity contribution in [1.29, 1.82) is 10.5 Å². The molecule has 0 spiro atoms. The van der Waals surface area contributed by atoms with E-state index in [2.05, 4.69) is 0 Å². The van der Waals surface area contributed by atoms with Gasteiger partial charge in [-0.3, -0.25) is 0 Å². The molecule has 0 fully saturated rings. The zero-order chi connectivity index (χ0) is 9.84. The van der Waals surface area contributed by atoms with Crippen molar-refractivity contribution in [2.24, 2.45) is 0 Å². The van der Waals surface area contributed by atoms with E-state index < -0.39 is 0 Å². The molecule has 0 atom stereocenters. The van der Waals surface area contributed by atoms with Gasteiger partial charge in [0.15, 0.2) is 0 Å². The van der Waals surface area contributed by atoms with E-state index >= 15 is 0 Å². The predicted octanol–water partition coefficient (Wildman–Crippen LogP) is 0.912. The molecule has 1 aromatic rings. The van der Waals surface area contributed by atoms with Crippen molar-refractivity contribution in [2.45, 2.75) is 6.42 Å². The Labute approximate surface area is 75.4 Å². The summed E-state index contributed by atoms with van der Waals surface area (Å²) in [7, 11) is 0. The summed E-state index contributed by atoms with van der Waals surface area (Å²) >= 11 is 0. The Morgan fingerprint density at radius 2 is 2.08 bits per heavy atom. The Kier molecular flexibility index (Phi) is 2.37. The summed E-state index contributed by atoms with van der Waals surface area (Å²) in [6.45, 7) is 0. The maximum absolute atomic E-state index is 9.14. The maximum atomic E-state index is 9.14. The molecule has 0 aliphatic carbocycles. The van der Waals surface area contributed by atoms with Crippen LogP contribution in [0, 0.1) is 22.7 Å². The second-order valence-corrected chi connectivity index (χ2v) is 2.52. The van der Waals surface area contributed by atoms with Crippen molar-refractivity contribution in [3.63, 3.8) is 0 Å². The van der Waals surface area contributed by atoms with Gasteiger partial charge in [0.1, 0.15) is 11.8 Å². The lowest BCUT2D eigenvalue weighted by Gasteiger charge is -2.03. The number of anilines is 1. The Hall–Kier alpha value is -2.20. The predicted molar refractivity (Wildman–Crippen MR) is 46.6 cm³/mol. The highest BCUT2D eigenvalue weighted by Gasteiger charge is 2.07. The molecule has 64 valence electrons. The molecule has 0 bridgehead atoms. The molecule has 0 aromatic heterocycles. The number of rotatable bonds is 1. The van der Waals surface area contributed by atoms with Gasteiger partial charge in [-0.2, -0.15) is 10.5 Å². The molecule has 1 aromatic carbocycles. The highest BCUT2D eigenvalue weighted by atomic mass is 16.3. The van der Waals surface area contributed by atoms with E-state index in [-0.39, 0.29) is 23.4 Å². The van der Waals surface area contributed by atoms with Gasteiger partial charge < -0.3 is 10.8 Å². The van der Waals surface area contributed by atoms with E-state index in [1.165, 1.54) is 12.1 Å². The highest BCUT2D eigenvalue weighted by molar-refractivity contribution is 5.61. The van der Waals surface area contributed by atoms with Gasteiger partial charge >= 0.3 is 0 Å². The molecule has 3 N–H and O–H groups in total. The first kappa shape index (κ1) is 8.89. The van der Waals surface area contributed by atoms with Gasteiger partial charge in [0, 0.05) is 6.07 Å². The van der Waals surface area contributed by atoms with E-state index in [0.29, 0.717) is 5.56 Å². The molecule has 0 saturated heterocycles. The Morgan fingerprint density at radius 1 is 1.38 bits per heavy atom. The number of hydrogen-bond donors (Lipinski definition) is 2. The Morgan fingerprint density at radius 3 is 2.62 bits per heavy atom. The third-order valence-corrected chi connectivity index (χ3v) is 1.62. The number of nitrogens with zero attached hydrogens (tertiary/aromatic N) is 2. The van der Waals surface area contributed by atoms with Gasteiger partial charge in [0.05, 0.1) is 23.7 Å². The SMILES string of the molecule is N#CCc1cc(O)cc(N)c1C#N. The summed E-state index contributed by atoms with van der Waals surface area (Å²) in [4.78, 5) is 0. The zero-order valence-corrected chi connectivity index (χ0v) is 6.78. The second kappa shape index (κ2) is 3.46. The van der Waals surface area contributed by atoms with Gasteiger partial charge in [-0.15, -0.1) is 0 Å². The van der Waals surface area contributed by atoms with E-state index in [1.807, 2.05) is 12.1 Å². The zero-order valence-electron chi connectivity index (χ0n) is 6.78. The normalized spacial score (nSPS) is 8.77. The van der Waals surface area contributed by atoms with Crippen molar-refractivity contribution in [2.75, 3.05) is 5.73 Å². The summed E-state index contributed by atoms with van der Waals surface area (Å²) in [5.41, 5.74) is 6.40. The van der Waals surface area contributed by atoms with Crippen molar-refractivity contribution in [3.8, 4) is 17.9 Å². The average molecular weight is 173 g/mol. The van der Waals surface area contributed by atoms with Crippen LogP contribution in [0.5, 0.6) is 5.75 Å². The number of phenols is 1. The van der Waals surface area contributed by atoms with Crippen LogP contribution in [-0.4, -0.2) is 5.11 Å². The van der Waals surface area contributed by atoms with Crippen molar-refractivity contribution >= 4 is 5.69 Å². The standard InChI is InChI=1S/C9H7N3O/c10-2-1-6-3-7(13)4-9(12)8(6)5-11/h3-4,13H,1,12H2. The fourth-order valence-electron chi connectivity index (χ4n) is 1.07. The van der Waals surface area contributed by atoms with Crippen molar-refractivity contribution in [1.82, 2.24) is 0 Å². The maximum Gasteiger partial charge on any atom is 0.118 e. The van der Waals surface area contributed by atoms with Gasteiger partial charge in [-0.1, -0.05) is 0 Å². The van der Waals surface area contributed by atoms with Crippen LogP contribution in [0.2, 0.25) is 0 Å². The van der Waals surface area contributed by atoms with Crippen LogP contribution >= 0.6 is 0 Å². The first-order valence-electron chi connectivity index (χ1n) is 3.57. The van der Waals surface area contributed by atoms with Gasteiger partial charge in [0.2, 0.25) is 0 Å². The third-order valence-electron chi connectivity index (χ3n) is 1.62. The summed E-state index contributed by atoms with van der Waals surface area (Å²) in [6, 6.07) is 6.45. The quantitative estimate of drug-likeness (QED) is 0.617. The lowest BCUT2D eigenvalue weighted by Crippen LogP contribution is -1.95. The van der Waals surface area contributed by atoms with Crippen LogP contribution in [0.3, 0.4) is 0 Å². The minimum absolute atomic E-state index is 0.0262. The number of nitrogens with two attached hydrogens (primary N) is 1. The molecular weight excluding hydrogens is 166 g/mol. The molecule has 0 amide bonds. The second-order valence-electron chi connectivity index (χ2n) is 2.52. The van der Waals surface area contributed by atoms with Crippen LogP contribution in [0.1, 0.15) is 11.1 Å². The minimum Gasteiger partial charge on any atom is -0.508 e. The monoisotopic (exact) mass is 173 g/mol. The van der Waals surface area contributed by atoms with Gasteiger partial charge in [0.25, 0.3) is 0 Å². The van der Waals surface area contributed by atoms with E-state index in [0.717, 1.165) is 0 Å². The molecule has 1 rings (SSSR count). The summed E-state index contributed by atoms with van der Waals surface area (Å²) in [5.74, 6) is -0.0262. The smallest absolute Gasteiger partial charge is 0.118 e. The van der Waals surface area contributed by atoms with Crippen LogP contribution in [0.4, 0.5) is 5.69 Å². The minimum atomic E-state index is -0.0262. The van der Waals surface area contributed by atoms with Gasteiger partial charge in [-0.05, 0) is 11.6 Å². The van der Waals surface area contributed by atoms with E-state index in [4.69, 9.17) is 21.4 Å². The third kappa shape index (κ3) is 1.69. The number of benzene rings is 1. The summed E-state index contributed by atoms with van der Waals surface area (Å²) in [6.07, 6.45) is 0.0709. The highest BCUT2D eigenvalue weighted by Crippen LogP contribution is 2.23. The Bertz CT molecular complexity index is 412. The summed E-state index contributed by atoms with van der Waals surface area (Å²) in [5, 5.41) is 26.3. The number of phenolic OH excluding ortho intramolecular Hbond substituents is 1. The largest absolute Gasteiger partial charge is 0.508 e. The number of aromatic hydroxyl groups is 1. The van der Waals surface area contributed by atoms with Crippen molar-refractivity contribution < 1.29 is 5.11 Å². The number of nitriles is 2. The van der Waals surface area contributed by atoms with Crippen LogP contribution in [-0.2, 0) is 6.42 Å². The molecule has 4 nitrogen and oxygen atoms in total. The molecule has 0 aliphatic rings. The van der Waals surface area contributed by atoms with Crippen LogP contribution < -0.4 is 5.73 Å².